The van der Waals surface area contributed by atoms with Gasteiger partial charge in [0.2, 0.25) is 0 Å². The third kappa shape index (κ3) is 6.49. The highest BCUT2D eigenvalue weighted by atomic mass is 35.5. The van der Waals surface area contributed by atoms with Crippen molar-refractivity contribution in [3.05, 3.63) is 59.1 Å². The van der Waals surface area contributed by atoms with Crippen LogP contribution in [0.3, 0.4) is 0 Å². The first-order valence-corrected chi connectivity index (χ1v) is 9.05. The molecule has 0 saturated heterocycles. The molecule has 1 unspecified atom stereocenters. The van der Waals surface area contributed by atoms with Crippen LogP contribution in [0.4, 0.5) is 0 Å². The molecular formula is C20H23ClN2O4. The zero-order valence-corrected chi connectivity index (χ0v) is 16.1. The fourth-order valence-electron chi connectivity index (χ4n) is 2.30. The molecule has 2 aromatic carbocycles. The molecule has 0 aliphatic carbocycles. The Morgan fingerprint density at radius 1 is 0.926 bits per heavy atom. The number of benzene rings is 2. The first-order valence-electron chi connectivity index (χ1n) is 8.68. The number of ether oxygens (including phenoxy) is 2. The zero-order valence-electron chi connectivity index (χ0n) is 15.3. The molecule has 0 heterocycles. The number of halogens is 1. The van der Waals surface area contributed by atoms with Crippen LogP contribution in [0.25, 0.3) is 0 Å². The molecule has 0 fully saturated rings. The van der Waals surface area contributed by atoms with Gasteiger partial charge in [-0.3, -0.25) is 20.4 Å². The summed E-state index contributed by atoms with van der Waals surface area (Å²) in [7, 11) is 0. The van der Waals surface area contributed by atoms with E-state index in [1.807, 2.05) is 24.3 Å². The minimum atomic E-state index is -0.511. The summed E-state index contributed by atoms with van der Waals surface area (Å²) < 4.78 is 10.9. The summed E-state index contributed by atoms with van der Waals surface area (Å²) in [6.45, 7) is 3.71. The minimum absolute atomic E-state index is 0.209. The number of rotatable bonds is 8. The minimum Gasteiger partial charge on any atom is -0.483 e. The molecule has 0 aromatic heterocycles. The van der Waals surface area contributed by atoms with Crippen molar-refractivity contribution in [1.82, 2.24) is 10.9 Å². The van der Waals surface area contributed by atoms with Crippen LogP contribution < -0.4 is 20.3 Å². The van der Waals surface area contributed by atoms with E-state index in [0.29, 0.717) is 22.4 Å². The SMILES string of the molecule is CCC(C)c1ccccc1OCC(=O)NNC(=O)COc1ccccc1Cl. The van der Waals surface area contributed by atoms with Crippen molar-refractivity contribution in [1.29, 1.82) is 0 Å². The van der Waals surface area contributed by atoms with Gasteiger partial charge in [-0.1, -0.05) is 55.8 Å². The maximum atomic E-state index is 11.9. The third-order valence-electron chi connectivity index (χ3n) is 3.96. The topological polar surface area (TPSA) is 76.7 Å². The smallest absolute Gasteiger partial charge is 0.276 e. The lowest BCUT2D eigenvalue weighted by Gasteiger charge is -2.15. The van der Waals surface area contributed by atoms with E-state index in [4.69, 9.17) is 21.1 Å². The maximum absolute atomic E-state index is 11.9. The van der Waals surface area contributed by atoms with Gasteiger partial charge in [-0.25, -0.2) is 0 Å². The molecule has 0 bridgehead atoms. The first kappa shape index (κ1) is 20.6. The van der Waals surface area contributed by atoms with E-state index in [0.717, 1.165) is 12.0 Å². The highest BCUT2D eigenvalue weighted by Gasteiger charge is 2.12. The summed E-state index contributed by atoms with van der Waals surface area (Å²) in [5, 5.41) is 0.405. The van der Waals surface area contributed by atoms with Crippen LogP contribution in [-0.2, 0) is 9.59 Å². The largest absolute Gasteiger partial charge is 0.483 e. The molecule has 2 amide bonds. The Bertz CT molecular complexity index is 782. The number of hydrogen-bond acceptors (Lipinski definition) is 4. The molecule has 0 radical (unpaired) electrons. The highest BCUT2D eigenvalue weighted by Crippen LogP contribution is 2.28. The molecule has 0 aliphatic rings. The van der Waals surface area contributed by atoms with Crippen molar-refractivity contribution >= 4 is 23.4 Å². The van der Waals surface area contributed by atoms with Crippen LogP contribution in [0.15, 0.2) is 48.5 Å². The molecule has 6 nitrogen and oxygen atoms in total. The summed E-state index contributed by atoms with van der Waals surface area (Å²) in [6.07, 6.45) is 0.966. The van der Waals surface area contributed by atoms with Crippen LogP contribution in [-0.4, -0.2) is 25.0 Å². The van der Waals surface area contributed by atoms with Gasteiger partial charge in [-0.2, -0.15) is 0 Å². The molecule has 0 spiro atoms. The van der Waals surface area contributed by atoms with Gasteiger partial charge in [0.05, 0.1) is 5.02 Å². The number of hydrogen-bond donors (Lipinski definition) is 2. The normalized spacial score (nSPS) is 11.4. The van der Waals surface area contributed by atoms with E-state index in [1.165, 1.54) is 0 Å². The van der Waals surface area contributed by atoms with E-state index < -0.39 is 11.8 Å². The van der Waals surface area contributed by atoms with Crippen LogP contribution in [0.2, 0.25) is 5.02 Å². The van der Waals surface area contributed by atoms with Crippen molar-refractivity contribution in [2.75, 3.05) is 13.2 Å². The number of carbonyl (C=O) groups excluding carboxylic acids is 2. The Balaban J connectivity index is 1.75. The number of carbonyl (C=O) groups is 2. The lowest BCUT2D eigenvalue weighted by Crippen LogP contribution is -2.45. The van der Waals surface area contributed by atoms with E-state index >= 15 is 0 Å². The molecule has 2 aromatic rings. The van der Waals surface area contributed by atoms with Crippen molar-refractivity contribution < 1.29 is 19.1 Å². The Morgan fingerprint density at radius 2 is 1.44 bits per heavy atom. The van der Waals surface area contributed by atoms with Crippen LogP contribution in [0.1, 0.15) is 31.7 Å². The van der Waals surface area contributed by atoms with Crippen LogP contribution >= 0.6 is 11.6 Å². The van der Waals surface area contributed by atoms with Gasteiger partial charge in [-0.05, 0) is 36.1 Å². The molecular weight excluding hydrogens is 368 g/mol. The van der Waals surface area contributed by atoms with Gasteiger partial charge in [0.15, 0.2) is 13.2 Å². The fourth-order valence-corrected chi connectivity index (χ4v) is 2.49. The van der Waals surface area contributed by atoms with Crippen molar-refractivity contribution in [2.24, 2.45) is 0 Å². The second-order valence-electron chi connectivity index (χ2n) is 5.95. The Kier molecular flexibility index (Phi) is 7.95. The predicted molar refractivity (Wildman–Crippen MR) is 104 cm³/mol. The van der Waals surface area contributed by atoms with Crippen LogP contribution in [0, 0.1) is 0 Å². The summed E-state index contributed by atoms with van der Waals surface area (Å²) in [6, 6.07) is 14.4. The second kappa shape index (κ2) is 10.4. The standard InChI is InChI=1S/C20H23ClN2O4/c1-3-14(2)15-8-4-6-10-17(15)26-12-19(24)22-23-20(25)13-27-18-11-7-5-9-16(18)21/h4-11,14H,3,12-13H2,1-2H3,(H,22,24)(H,23,25). The van der Waals surface area contributed by atoms with Gasteiger partial charge in [0, 0.05) is 0 Å². The highest BCUT2D eigenvalue weighted by molar-refractivity contribution is 6.32. The van der Waals surface area contributed by atoms with E-state index in [9.17, 15) is 9.59 Å². The molecule has 2 rings (SSSR count). The summed E-state index contributed by atoms with van der Waals surface area (Å²) >= 11 is 5.94. The predicted octanol–water partition coefficient (Wildman–Crippen LogP) is 3.46. The van der Waals surface area contributed by atoms with E-state index in [1.54, 1.807) is 24.3 Å². The lowest BCUT2D eigenvalue weighted by molar-refractivity contribution is -0.131. The molecule has 0 saturated carbocycles. The fraction of sp³-hybridized carbons (Fsp3) is 0.300. The van der Waals surface area contributed by atoms with Crippen molar-refractivity contribution in [3.63, 3.8) is 0 Å². The quantitative estimate of drug-likeness (QED) is 0.677. The maximum Gasteiger partial charge on any atom is 0.276 e. The van der Waals surface area contributed by atoms with Gasteiger partial charge in [0.25, 0.3) is 11.8 Å². The number of amides is 2. The van der Waals surface area contributed by atoms with Gasteiger partial charge >= 0.3 is 0 Å². The molecule has 1 atom stereocenters. The Hall–Kier alpha value is -2.73. The van der Waals surface area contributed by atoms with E-state index in [-0.39, 0.29) is 13.2 Å². The Labute approximate surface area is 163 Å². The monoisotopic (exact) mass is 390 g/mol. The molecule has 144 valence electrons. The van der Waals surface area contributed by atoms with Crippen molar-refractivity contribution in [2.45, 2.75) is 26.2 Å². The van der Waals surface area contributed by atoms with Gasteiger partial charge in [-0.15, -0.1) is 0 Å². The van der Waals surface area contributed by atoms with Gasteiger partial charge < -0.3 is 9.47 Å². The second-order valence-corrected chi connectivity index (χ2v) is 6.36. The average Bonchev–Trinajstić information content (AvgIpc) is 2.69. The molecule has 0 aliphatic heterocycles. The molecule has 7 heteroatoms. The summed E-state index contributed by atoms with van der Waals surface area (Å²) in [5.41, 5.74) is 5.61. The summed E-state index contributed by atoms with van der Waals surface area (Å²) in [4.78, 5) is 23.6. The third-order valence-corrected chi connectivity index (χ3v) is 4.27. The lowest BCUT2D eigenvalue weighted by atomic mass is 9.98. The number of hydrazine groups is 1. The Morgan fingerprint density at radius 3 is 2.04 bits per heavy atom. The number of para-hydroxylation sites is 2. The molecule has 27 heavy (non-hydrogen) atoms. The average molecular weight is 391 g/mol. The van der Waals surface area contributed by atoms with E-state index in [2.05, 4.69) is 24.7 Å². The molecule has 2 N–H and O–H groups in total. The van der Waals surface area contributed by atoms with Crippen molar-refractivity contribution in [3.8, 4) is 11.5 Å². The first-order chi connectivity index (χ1) is 13.0. The van der Waals surface area contributed by atoms with Gasteiger partial charge in [0.1, 0.15) is 11.5 Å². The summed E-state index contributed by atoms with van der Waals surface area (Å²) in [5.74, 6) is 0.398. The van der Waals surface area contributed by atoms with Crippen LogP contribution in [0.5, 0.6) is 11.5 Å². The number of nitrogens with one attached hydrogen (secondary N) is 2. The zero-order chi connectivity index (χ0) is 19.6.